The average molecular weight is 401 g/mol. The molecule has 2 aromatic carbocycles. The number of carbonyl (C=O) groups excluding carboxylic acids is 1. The fourth-order valence-corrected chi connectivity index (χ4v) is 3.87. The number of hydrogen-bond acceptors (Lipinski definition) is 2. The highest BCUT2D eigenvalue weighted by Crippen LogP contribution is 2.21. The Bertz CT molecular complexity index is 865. The Balaban J connectivity index is 1.63. The maximum atomic E-state index is 13.1. The van der Waals surface area contributed by atoms with Gasteiger partial charge in [0.05, 0.1) is 0 Å². The van der Waals surface area contributed by atoms with Crippen LogP contribution >= 0.6 is 11.6 Å². The molecule has 148 valence electrons. The summed E-state index contributed by atoms with van der Waals surface area (Å²) < 4.78 is 13.1. The highest BCUT2D eigenvalue weighted by molar-refractivity contribution is 6.32. The number of amides is 1. The third-order valence-electron chi connectivity index (χ3n) is 5.26. The Labute approximate surface area is 171 Å². The topological polar surface area (TPSA) is 23.6 Å². The number of halogens is 2. The van der Waals surface area contributed by atoms with E-state index in [1.54, 1.807) is 12.2 Å². The molecule has 0 aliphatic carbocycles. The van der Waals surface area contributed by atoms with Gasteiger partial charge >= 0.3 is 0 Å². The van der Waals surface area contributed by atoms with Crippen LogP contribution in [0.1, 0.15) is 30.5 Å². The molecule has 0 bridgehead atoms. The molecule has 3 rings (SSSR count). The molecule has 0 aromatic heterocycles. The minimum absolute atomic E-state index is 0.00239. The molecule has 0 N–H and O–H groups in total. The Morgan fingerprint density at radius 1 is 1.14 bits per heavy atom. The molecule has 1 aliphatic rings. The number of nitrogens with zero attached hydrogens (tertiary/aromatic N) is 2. The average Bonchev–Trinajstić information content (AvgIpc) is 2.65. The van der Waals surface area contributed by atoms with Gasteiger partial charge in [0, 0.05) is 42.8 Å². The van der Waals surface area contributed by atoms with Crippen LogP contribution < -0.4 is 0 Å². The zero-order chi connectivity index (χ0) is 20.3. The first-order valence-electron chi connectivity index (χ1n) is 9.57. The van der Waals surface area contributed by atoms with E-state index < -0.39 is 0 Å². The van der Waals surface area contributed by atoms with E-state index in [0.717, 1.165) is 29.8 Å². The number of aryl methyl sites for hydroxylation is 1. The normalized spacial score (nSPS) is 20.7. The van der Waals surface area contributed by atoms with E-state index in [9.17, 15) is 9.18 Å². The third kappa shape index (κ3) is 5.00. The molecule has 1 saturated heterocycles. The van der Waals surface area contributed by atoms with Crippen molar-refractivity contribution in [1.82, 2.24) is 9.80 Å². The van der Waals surface area contributed by atoms with Crippen LogP contribution in [0.25, 0.3) is 6.08 Å². The van der Waals surface area contributed by atoms with E-state index in [4.69, 9.17) is 11.6 Å². The van der Waals surface area contributed by atoms with Crippen molar-refractivity contribution in [3.05, 3.63) is 76.1 Å². The monoisotopic (exact) mass is 400 g/mol. The van der Waals surface area contributed by atoms with Gasteiger partial charge in [-0.1, -0.05) is 35.9 Å². The quantitative estimate of drug-likeness (QED) is 0.680. The molecule has 5 heteroatoms. The lowest BCUT2D eigenvalue weighted by Gasteiger charge is -2.44. The van der Waals surface area contributed by atoms with Crippen LogP contribution in [0.15, 0.2) is 48.5 Å². The summed E-state index contributed by atoms with van der Waals surface area (Å²) in [4.78, 5) is 17.0. The number of hydrogen-bond donors (Lipinski definition) is 0. The molecule has 0 spiro atoms. The Hall–Kier alpha value is -2.17. The molecule has 1 heterocycles. The van der Waals surface area contributed by atoms with Crippen molar-refractivity contribution in [2.75, 3.05) is 13.1 Å². The van der Waals surface area contributed by atoms with Crippen molar-refractivity contribution in [2.24, 2.45) is 0 Å². The molecule has 28 heavy (non-hydrogen) atoms. The van der Waals surface area contributed by atoms with Crippen molar-refractivity contribution in [3.8, 4) is 0 Å². The van der Waals surface area contributed by atoms with Gasteiger partial charge in [0.2, 0.25) is 5.91 Å². The zero-order valence-electron chi connectivity index (χ0n) is 16.5. The minimum atomic E-state index is -0.221. The summed E-state index contributed by atoms with van der Waals surface area (Å²) in [6.07, 6.45) is 3.39. The van der Waals surface area contributed by atoms with Crippen LogP contribution in [0.4, 0.5) is 4.39 Å². The van der Waals surface area contributed by atoms with Gasteiger partial charge < -0.3 is 4.90 Å². The van der Waals surface area contributed by atoms with Gasteiger partial charge in [0.25, 0.3) is 0 Å². The van der Waals surface area contributed by atoms with E-state index in [1.807, 2.05) is 42.2 Å². The van der Waals surface area contributed by atoms with Gasteiger partial charge in [-0.05, 0) is 61.7 Å². The van der Waals surface area contributed by atoms with Gasteiger partial charge in [0.1, 0.15) is 5.82 Å². The predicted octanol–water partition coefficient (Wildman–Crippen LogP) is 4.92. The highest BCUT2D eigenvalue weighted by atomic mass is 35.5. The minimum Gasteiger partial charge on any atom is -0.334 e. The molecule has 2 aromatic rings. The van der Waals surface area contributed by atoms with Crippen LogP contribution in [-0.4, -0.2) is 40.9 Å². The first-order valence-corrected chi connectivity index (χ1v) is 9.94. The summed E-state index contributed by atoms with van der Waals surface area (Å²) in [6, 6.07) is 12.7. The number of benzene rings is 2. The molecule has 0 saturated carbocycles. The van der Waals surface area contributed by atoms with Gasteiger partial charge in [-0.2, -0.15) is 0 Å². The number of piperazine rings is 1. The smallest absolute Gasteiger partial charge is 0.246 e. The second kappa shape index (κ2) is 8.89. The zero-order valence-corrected chi connectivity index (χ0v) is 17.3. The molecule has 0 radical (unpaired) electrons. The van der Waals surface area contributed by atoms with Gasteiger partial charge in [0.15, 0.2) is 0 Å². The van der Waals surface area contributed by atoms with Gasteiger partial charge in [-0.3, -0.25) is 9.69 Å². The van der Waals surface area contributed by atoms with Crippen LogP contribution in [-0.2, 0) is 11.3 Å². The lowest BCUT2D eigenvalue weighted by molar-refractivity contribution is -0.131. The number of rotatable bonds is 4. The molecular formula is C23H26ClFN2O. The molecular weight excluding hydrogens is 375 g/mol. The summed E-state index contributed by atoms with van der Waals surface area (Å²) in [5.41, 5.74) is 3.01. The van der Waals surface area contributed by atoms with Crippen LogP contribution in [0.2, 0.25) is 5.02 Å². The molecule has 1 aliphatic heterocycles. The second-order valence-corrected chi connectivity index (χ2v) is 8.01. The number of carbonyl (C=O) groups is 1. The molecule has 2 atom stereocenters. The lowest BCUT2D eigenvalue weighted by Crippen LogP contribution is -2.57. The van der Waals surface area contributed by atoms with E-state index in [0.29, 0.717) is 11.6 Å². The lowest BCUT2D eigenvalue weighted by atomic mass is 10.1. The van der Waals surface area contributed by atoms with Crippen LogP contribution in [0.3, 0.4) is 0 Å². The largest absolute Gasteiger partial charge is 0.334 e. The van der Waals surface area contributed by atoms with Crippen molar-refractivity contribution in [2.45, 2.75) is 39.4 Å². The van der Waals surface area contributed by atoms with Crippen molar-refractivity contribution in [1.29, 1.82) is 0 Å². The van der Waals surface area contributed by atoms with Gasteiger partial charge in [-0.25, -0.2) is 4.39 Å². The van der Waals surface area contributed by atoms with Crippen molar-refractivity contribution >= 4 is 23.6 Å². The van der Waals surface area contributed by atoms with Crippen LogP contribution in [0, 0.1) is 12.7 Å². The van der Waals surface area contributed by atoms with E-state index >= 15 is 0 Å². The predicted molar refractivity (Wildman–Crippen MR) is 113 cm³/mol. The fourth-order valence-electron chi connectivity index (χ4n) is 3.57. The van der Waals surface area contributed by atoms with Gasteiger partial charge in [-0.15, -0.1) is 0 Å². The second-order valence-electron chi connectivity index (χ2n) is 7.60. The molecule has 3 nitrogen and oxygen atoms in total. The third-order valence-corrected chi connectivity index (χ3v) is 5.59. The van der Waals surface area contributed by atoms with Crippen molar-refractivity contribution < 1.29 is 9.18 Å². The highest BCUT2D eigenvalue weighted by Gasteiger charge is 2.30. The molecule has 0 unspecified atom stereocenters. The maximum absolute atomic E-state index is 13.1. The summed E-state index contributed by atoms with van der Waals surface area (Å²) in [5.74, 6) is -0.224. The van der Waals surface area contributed by atoms with Crippen molar-refractivity contribution in [3.63, 3.8) is 0 Å². The summed E-state index contributed by atoms with van der Waals surface area (Å²) in [6.45, 7) is 8.36. The standard InChI is InChI=1S/C23H26ClFN2O/c1-16-4-7-20(22(24)12-16)8-11-23(28)27-14-17(2)26(13-18(27)3)15-19-5-9-21(25)10-6-19/h4-12,17-18H,13-15H2,1-3H3/b11-8+/t17-,18+/m0/s1. The SMILES string of the molecule is Cc1ccc(/C=C/C(=O)N2C[C@H](C)N(Cc3ccc(F)cc3)C[C@H]2C)c(Cl)c1. The molecule has 1 fully saturated rings. The first kappa shape index (κ1) is 20.6. The Morgan fingerprint density at radius 2 is 1.86 bits per heavy atom. The van der Waals surface area contributed by atoms with Crippen LogP contribution in [0.5, 0.6) is 0 Å². The fraction of sp³-hybridized carbons (Fsp3) is 0.348. The summed E-state index contributed by atoms with van der Waals surface area (Å²) in [5, 5.41) is 0.648. The maximum Gasteiger partial charge on any atom is 0.246 e. The Kier molecular flexibility index (Phi) is 6.53. The van der Waals surface area contributed by atoms with E-state index in [1.165, 1.54) is 12.1 Å². The summed E-state index contributed by atoms with van der Waals surface area (Å²) >= 11 is 6.25. The molecule has 1 amide bonds. The first-order chi connectivity index (χ1) is 13.3. The summed E-state index contributed by atoms with van der Waals surface area (Å²) in [7, 11) is 0. The Morgan fingerprint density at radius 3 is 2.54 bits per heavy atom. The van der Waals surface area contributed by atoms with E-state index in [-0.39, 0.29) is 23.8 Å². The van der Waals surface area contributed by atoms with E-state index in [2.05, 4.69) is 18.7 Å².